The quantitative estimate of drug-likeness (QED) is 0.142. The maximum atomic E-state index is 2.75. The Morgan fingerprint density at radius 3 is 1.55 bits per heavy atom. The van der Waals surface area contributed by atoms with E-state index in [1.165, 1.54) is 105 Å². The van der Waals surface area contributed by atoms with E-state index in [9.17, 15) is 0 Å². The summed E-state index contributed by atoms with van der Waals surface area (Å²) in [5, 5.41) is 5.49. The molecule has 9 rings (SSSR count). The molecule has 3 heteroatoms. The van der Waals surface area contributed by atoms with Crippen molar-refractivity contribution >= 4 is 61.4 Å². The van der Waals surface area contributed by atoms with E-state index in [4.69, 9.17) is 0 Å². The van der Waals surface area contributed by atoms with Crippen LogP contribution in [0.25, 0.3) is 60.4 Å². The molecule has 0 aliphatic carbocycles. The van der Waals surface area contributed by atoms with Crippen molar-refractivity contribution < 1.29 is 0 Å². The van der Waals surface area contributed by atoms with Crippen molar-refractivity contribution in [3.8, 4) is 16.8 Å². The first-order valence-electron chi connectivity index (χ1n) is 19.1. The van der Waals surface area contributed by atoms with Gasteiger partial charge in [0.25, 0.3) is 0 Å². The predicted molar refractivity (Wildman–Crippen MR) is 224 cm³/mol. The van der Waals surface area contributed by atoms with Crippen molar-refractivity contribution in [3.05, 3.63) is 100 Å². The average Bonchev–Trinajstić information content (AvgIpc) is 3.54. The van der Waals surface area contributed by atoms with Crippen LogP contribution in [-0.2, 0) is 21.7 Å². The number of hydrogen-bond donors (Lipinski definition) is 0. The number of rotatable bonds is 0. The van der Waals surface area contributed by atoms with Crippen molar-refractivity contribution in [1.29, 1.82) is 0 Å². The Morgan fingerprint density at radius 2 is 0.980 bits per heavy atom. The molecule has 0 saturated carbocycles. The standard InChI is InChI=1S/C48H53BN2/c1-26-19-40-42-41(27(26)2)36-24-30(47(9,10)11)22-34-33-21-29(46(6,7)8)16-18-39(33)51(43(34)36)49(42)37-25-31(48(12,13)14)23-35-32-20-28(45(3,4)5)15-17-38(32)50(40)44(35)37/h15-25H,1-14H3. The Bertz CT molecular complexity index is 2680. The van der Waals surface area contributed by atoms with Gasteiger partial charge in [0, 0.05) is 43.8 Å². The fourth-order valence-corrected chi connectivity index (χ4v) is 9.23. The lowest BCUT2D eigenvalue weighted by Crippen LogP contribution is -2.56. The van der Waals surface area contributed by atoms with Crippen LogP contribution in [0.15, 0.2) is 66.7 Å². The summed E-state index contributed by atoms with van der Waals surface area (Å²) in [4.78, 5) is 0. The van der Waals surface area contributed by atoms with Crippen LogP contribution in [-0.4, -0.2) is 15.9 Å². The van der Waals surface area contributed by atoms with Gasteiger partial charge in [0.15, 0.2) is 0 Å². The number of nitrogens with zero attached hydrogens (tertiary/aromatic N) is 2. The van der Waals surface area contributed by atoms with Crippen LogP contribution in [0.4, 0.5) is 0 Å². The first-order valence-corrected chi connectivity index (χ1v) is 19.1. The third kappa shape index (κ3) is 4.36. The third-order valence-electron chi connectivity index (χ3n) is 12.5. The molecule has 258 valence electrons. The van der Waals surface area contributed by atoms with Crippen molar-refractivity contribution in [2.75, 3.05) is 0 Å². The van der Waals surface area contributed by atoms with Gasteiger partial charge in [-0.3, -0.25) is 0 Å². The van der Waals surface area contributed by atoms with Crippen LogP contribution in [0.2, 0.25) is 0 Å². The second kappa shape index (κ2) is 9.79. The summed E-state index contributed by atoms with van der Waals surface area (Å²) < 4.78 is 5.39. The lowest BCUT2D eigenvalue weighted by Gasteiger charge is -2.36. The number of benzene rings is 5. The Labute approximate surface area is 305 Å². The van der Waals surface area contributed by atoms with Crippen LogP contribution in [0, 0.1) is 13.8 Å². The van der Waals surface area contributed by atoms with E-state index in [1.807, 2.05) is 0 Å². The zero-order chi connectivity index (χ0) is 36.5. The highest BCUT2D eigenvalue weighted by atomic mass is 15.0. The summed E-state index contributed by atoms with van der Waals surface area (Å²) in [6, 6.07) is 27.3. The van der Waals surface area contributed by atoms with E-state index in [-0.39, 0.29) is 28.5 Å². The fraction of sp³-hybridized carbons (Fsp3) is 0.375. The second-order valence-electron chi connectivity index (χ2n) is 20.1. The van der Waals surface area contributed by atoms with Crippen LogP contribution < -0.4 is 10.9 Å². The van der Waals surface area contributed by atoms with E-state index in [0.29, 0.717) is 0 Å². The maximum Gasteiger partial charge on any atom is 0.333 e. The molecule has 2 aliphatic rings. The monoisotopic (exact) mass is 668 g/mol. The van der Waals surface area contributed by atoms with E-state index in [1.54, 1.807) is 0 Å². The summed E-state index contributed by atoms with van der Waals surface area (Å²) in [6.45, 7) is 33.0. The van der Waals surface area contributed by atoms with Crippen LogP contribution >= 0.6 is 0 Å². The van der Waals surface area contributed by atoms with Gasteiger partial charge in [-0.2, -0.15) is 0 Å². The Kier molecular flexibility index (Phi) is 6.27. The summed E-state index contributed by atoms with van der Waals surface area (Å²) in [6.07, 6.45) is 0. The van der Waals surface area contributed by atoms with Gasteiger partial charge in [0.1, 0.15) is 0 Å². The lowest BCUT2D eigenvalue weighted by atomic mass is 9.45. The summed E-state index contributed by atoms with van der Waals surface area (Å²) in [5.41, 5.74) is 20.9. The smallest absolute Gasteiger partial charge is 0.333 e. The first kappa shape index (κ1) is 32.7. The maximum absolute atomic E-state index is 2.75. The van der Waals surface area contributed by atoms with Gasteiger partial charge in [-0.25, -0.2) is 0 Å². The first-order chi connectivity index (χ1) is 23.7. The number of fused-ring (bicyclic) bond motifs is 10. The fourth-order valence-electron chi connectivity index (χ4n) is 9.23. The number of aryl methyl sites for hydroxylation is 1. The summed E-state index contributed by atoms with van der Waals surface area (Å²) in [5.74, 6) is 0. The number of hydrogen-bond acceptors (Lipinski definition) is 0. The van der Waals surface area contributed by atoms with Crippen molar-refractivity contribution in [2.24, 2.45) is 0 Å². The molecule has 0 spiro atoms. The molecule has 51 heavy (non-hydrogen) atoms. The zero-order valence-electron chi connectivity index (χ0n) is 33.3. The molecule has 2 nitrogen and oxygen atoms in total. The largest absolute Gasteiger partial charge is 0.375 e. The molecule has 0 amide bonds. The molecule has 4 heterocycles. The minimum absolute atomic E-state index is 0.00305. The van der Waals surface area contributed by atoms with E-state index < -0.39 is 0 Å². The van der Waals surface area contributed by atoms with Gasteiger partial charge in [0.2, 0.25) is 0 Å². The van der Waals surface area contributed by atoms with Crippen LogP contribution in [0.3, 0.4) is 0 Å². The molecule has 0 bridgehead atoms. The van der Waals surface area contributed by atoms with E-state index in [2.05, 4.69) is 173 Å². The Morgan fingerprint density at radius 1 is 0.490 bits per heavy atom. The molecule has 5 aromatic carbocycles. The van der Waals surface area contributed by atoms with Crippen molar-refractivity contribution in [2.45, 2.75) is 119 Å². The molecular weight excluding hydrogens is 615 g/mol. The predicted octanol–water partition coefficient (Wildman–Crippen LogP) is 11.6. The molecule has 0 atom stereocenters. The minimum Gasteiger partial charge on any atom is -0.375 e. The van der Waals surface area contributed by atoms with Crippen molar-refractivity contribution in [1.82, 2.24) is 9.05 Å². The van der Waals surface area contributed by atoms with Gasteiger partial charge in [-0.1, -0.05) is 101 Å². The van der Waals surface area contributed by atoms with Gasteiger partial charge in [0.05, 0.1) is 11.0 Å². The molecule has 2 aliphatic heterocycles. The molecule has 0 radical (unpaired) electrons. The van der Waals surface area contributed by atoms with Gasteiger partial charge >= 0.3 is 6.85 Å². The second-order valence-corrected chi connectivity index (χ2v) is 20.1. The van der Waals surface area contributed by atoms with E-state index in [0.717, 1.165) is 0 Å². The van der Waals surface area contributed by atoms with E-state index >= 15 is 0 Å². The molecule has 7 aromatic rings. The highest BCUT2D eigenvalue weighted by molar-refractivity contribution is 6.90. The molecular formula is C48H53BN2. The van der Waals surface area contributed by atoms with Crippen LogP contribution in [0.5, 0.6) is 0 Å². The highest BCUT2D eigenvalue weighted by Crippen LogP contribution is 2.47. The SMILES string of the molecule is Cc1cc2c3c(c1C)-c1cc(C(C)(C)C)cc4c5cc(C(C)(C)C)ccc5n(c14)B3c1cc(C(C)(C)C)cc3c4cc(C(C)(C)C)ccc4n-2c13. The van der Waals surface area contributed by atoms with Gasteiger partial charge in [-0.15, -0.1) is 0 Å². The average molecular weight is 669 g/mol. The molecule has 0 N–H and O–H groups in total. The lowest BCUT2D eigenvalue weighted by molar-refractivity contribution is 0.590. The third-order valence-corrected chi connectivity index (χ3v) is 12.5. The minimum atomic E-state index is -0.00305. The molecule has 0 unspecified atom stereocenters. The highest BCUT2D eigenvalue weighted by Gasteiger charge is 2.43. The van der Waals surface area contributed by atoms with Crippen molar-refractivity contribution in [3.63, 3.8) is 0 Å². The number of aromatic nitrogens is 2. The Hall–Kier alpha value is -4.24. The zero-order valence-corrected chi connectivity index (χ0v) is 33.3. The topological polar surface area (TPSA) is 9.86 Å². The van der Waals surface area contributed by atoms with Gasteiger partial charge in [-0.05, 0) is 134 Å². The molecule has 0 fully saturated rings. The Balaban J connectivity index is 1.55. The summed E-state index contributed by atoms with van der Waals surface area (Å²) >= 11 is 0. The molecule has 2 aromatic heterocycles. The van der Waals surface area contributed by atoms with Gasteiger partial charge < -0.3 is 9.05 Å². The van der Waals surface area contributed by atoms with Crippen LogP contribution in [0.1, 0.15) is 116 Å². The summed E-state index contributed by atoms with van der Waals surface area (Å²) in [7, 11) is 0. The normalized spacial score (nSPS) is 14.4. The molecule has 0 saturated heterocycles.